The van der Waals surface area contributed by atoms with Gasteiger partial charge in [-0.1, -0.05) is 0 Å². The van der Waals surface area contributed by atoms with Gasteiger partial charge in [-0.3, -0.25) is 9.78 Å². The van der Waals surface area contributed by atoms with Crippen LogP contribution in [-0.4, -0.2) is 57.1 Å². The van der Waals surface area contributed by atoms with E-state index in [9.17, 15) is 9.90 Å². The number of piperidine rings is 1. The molecule has 1 aromatic heterocycles. The highest BCUT2D eigenvalue weighted by Crippen LogP contribution is 2.30. The third-order valence-corrected chi connectivity index (χ3v) is 5.39. The summed E-state index contributed by atoms with van der Waals surface area (Å²) in [5.74, 6) is 1.34. The number of nitrogens with zero attached hydrogens (tertiary/aromatic N) is 2. The average Bonchev–Trinajstić information content (AvgIpc) is 2.96. The van der Waals surface area contributed by atoms with Crippen LogP contribution in [0.2, 0.25) is 0 Å². The van der Waals surface area contributed by atoms with Crippen LogP contribution in [-0.2, 0) is 4.79 Å². The third kappa shape index (κ3) is 3.32. The van der Waals surface area contributed by atoms with Crippen LogP contribution in [0.4, 0.5) is 5.69 Å². The molecule has 114 valence electrons. The molecule has 5 nitrogen and oxygen atoms in total. The molecule has 0 bridgehead atoms. The molecule has 0 aliphatic carbocycles. The molecule has 2 aliphatic rings. The van der Waals surface area contributed by atoms with Crippen molar-refractivity contribution in [3.8, 4) is 0 Å². The first-order chi connectivity index (χ1) is 10.2. The molecule has 6 heteroatoms. The monoisotopic (exact) mass is 307 g/mol. The van der Waals surface area contributed by atoms with Crippen molar-refractivity contribution in [3.63, 3.8) is 0 Å². The van der Waals surface area contributed by atoms with E-state index in [0.29, 0.717) is 31.3 Å². The molecular weight excluding hydrogens is 286 g/mol. The van der Waals surface area contributed by atoms with Crippen molar-refractivity contribution in [2.24, 2.45) is 0 Å². The smallest absolute Gasteiger partial charge is 0.255 e. The lowest BCUT2D eigenvalue weighted by atomic mass is 9.98. The number of aromatic nitrogens is 1. The number of carbonyl (C=O) groups is 1. The standard InChI is InChI=1S/C15H21N3O2S/c19-14(15(20)5-9-21-11-15)18-7-3-12(4-8-18)17-13-2-1-6-16-10-13/h1-2,6,10,12,17,20H,3-5,7-9,11H2. The first-order valence-electron chi connectivity index (χ1n) is 7.43. The Hall–Kier alpha value is -1.27. The van der Waals surface area contributed by atoms with Gasteiger partial charge in [0, 0.05) is 37.3 Å². The second-order valence-electron chi connectivity index (χ2n) is 5.79. The molecule has 1 atom stereocenters. The van der Waals surface area contributed by atoms with Gasteiger partial charge in [0.25, 0.3) is 5.91 Å². The van der Waals surface area contributed by atoms with Crippen molar-refractivity contribution in [1.82, 2.24) is 9.88 Å². The fourth-order valence-corrected chi connectivity index (χ4v) is 4.16. The van der Waals surface area contributed by atoms with Crippen molar-refractivity contribution < 1.29 is 9.90 Å². The Labute approximate surface area is 129 Å². The van der Waals surface area contributed by atoms with Crippen molar-refractivity contribution in [3.05, 3.63) is 24.5 Å². The van der Waals surface area contributed by atoms with Gasteiger partial charge >= 0.3 is 0 Å². The zero-order valence-corrected chi connectivity index (χ0v) is 12.8. The molecule has 1 aromatic rings. The summed E-state index contributed by atoms with van der Waals surface area (Å²) in [6.07, 6.45) is 5.97. The van der Waals surface area contributed by atoms with Crippen molar-refractivity contribution in [2.75, 3.05) is 29.9 Å². The Balaban J connectivity index is 1.52. The number of carbonyl (C=O) groups excluding carboxylic acids is 1. The summed E-state index contributed by atoms with van der Waals surface area (Å²) in [5, 5.41) is 13.8. The van der Waals surface area contributed by atoms with Crippen molar-refractivity contribution >= 4 is 23.4 Å². The second-order valence-corrected chi connectivity index (χ2v) is 6.89. The highest BCUT2D eigenvalue weighted by Gasteiger charge is 2.42. The van der Waals surface area contributed by atoms with Crippen LogP contribution in [0.5, 0.6) is 0 Å². The maximum absolute atomic E-state index is 12.4. The number of anilines is 1. The van der Waals surface area contributed by atoms with Gasteiger partial charge in [-0.25, -0.2) is 0 Å². The normalized spacial score (nSPS) is 26.8. The minimum Gasteiger partial charge on any atom is -0.381 e. The molecule has 0 spiro atoms. The Morgan fingerprint density at radius 2 is 2.29 bits per heavy atom. The largest absolute Gasteiger partial charge is 0.381 e. The van der Waals surface area contributed by atoms with Gasteiger partial charge in [-0.15, -0.1) is 0 Å². The summed E-state index contributed by atoms with van der Waals surface area (Å²) < 4.78 is 0. The van der Waals surface area contributed by atoms with Crippen LogP contribution in [0.25, 0.3) is 0 Å². The number of nitrogens with one attached hydrogen (secondary N) is 1. The summed E-state index contributed by atoms with van der Waals surface area (Å²) in [6, 6.07) is 4.28. The van der Waals surface area contributed by atoms with Crippen LogP contribution in [0.3, 0.4) is 0 Å². The van der Waals surface area contributed by atoms with E-state index >= 15 is 0 Å². The second kappa shape index (κ2) is 6.23. The van der Waals surface area contributed by atoms with Gasteiger partial charge in [0.2, 0.25) is 0 Å². The number of amides is 1. The van der Waals surface area contributed by atoms with E-state index in [1.165, 1.54) is 0 Å². The molecule has 3 heterocycles. The molecular formula is C15H21N3O2S. The predicted octanol–water partition coefficient (Wildman–Crippen LogP) is 1.35. The summed E-state index contributed by atoms with van der Waals surface area (Å²) in [4.78, 5) is 18.3. The SMILES string of the molecule is O=C(N1CCC(Nc2cccnc2)CC1)C1(O)CCSC1. The number of hydrogen-bond acceptors (Lipinski definition) is 5. The number of hydrogen-bond donors (Lipinski definition) is 2. The molecule has 2 aliphatic heterocycles. The van der Waals surface area contributed by atoms with Gasteiger partial charge in [0.1, 0.15) is 0 Å². The number of aliphatic hydroxyl groups is 1. The topological polar surface area (TPSA) is 65.5 Å². The number of likely N-dealkylation sites (tertiary alicyclic amines) is 1. The fourth-order valence-electron chi connectivity index (χ4n) is 2.93. The number of thioether (sulfide) groups is 1. The molecule has 21 heavy (non-hydrogen) atoms. The van der Waals surface area contributed by atoms with Gasteiger partial charge in [-0.05, 0) is 37.1 Å². The third-order valence-electron chi connectivity index (χ3n) is 4.21. The molecule has 0 saturated carbocycles. The molecule has 2 fully saturated rings. The molecule has 3 rings (SSSR count). The van der Waals surface area contributed by atoms with Gasteiger partial charge in [0.15, 0.2) is 5.60 Å². The molecule has 0 aromatic carbocycles. The summed E-state index contributed by atoms with van der Waals surface area (Å²) in [6.45, 7) is 1.42. The Kier molecular flexibility index (Phi) is 4.35. The summed E-state index contributed by atoms with van der Waals surface area (Å²) in [7, 11) is 0. The maximum atomic E-state index is 12.4. The Bertz CT molecular complexity index is 483. The van der Waals surface area contributed by atoms with Crippen LogP contribution in [0.1, 0.15) is 19.3 Å². The van der Waals surface area contributed by atoms with E-state index in [1.807, 2.05) is 23.2 Å². The van der Waals surface area contributed by atoms with E-state index in [-0.39, 0.29) is 5.91 Å². The highest BCUT2D eigenvalue weighted by molar-refractivity contribution is 7.99. The fraction of sp³-hybridized carbons (Fsp3) is 0.600. The van der Waals surface area contributed by atoms with E-state index < -0.39 is 5.60 Å². The molecule has 2 saturated heterocycles. The Morgan fingerprint density at radius 1 is 1.48 bits per heavy atom. The van der Waals surface area contributed by atoms with Crippen LogP contribution in [0, 0.1) is 0 Å². The number of pyridine rings is 1. The van der Waals surface area contributed by atoms with E-state index in [4.69, 9.17) is 0 Å². The summed E-state index contributed by atoms with van der Waals surface area (Å²) >= 11 is 1.66. The Morgan fingerprint density at radius 3 is 2.90 bits per heavy atom. The minimum absolute atomic E-state index is 0.0765. The lowest BCUT2D eigenvalue weighted by molar-refractivity contribution is -0.149. The van der Waals surface area contributed by atoms with Crippen molar-refractivity contribution in [1.29, 1.82) is 0 Å². The van der Waals surface area contributed by atoms with Gasteiger partial charge < -0.3 is 15.3 Å². The quantitative estimate of drug-likeness (QED) is 0.882. The minimum atomic E-state index is -1.12. The summed E-state index contributed by atoms with van der Waals surface area (Å²) in [5.41, 5.74) is -0.0954. The zero-order chi connectivity index (χ0) is 14.7. The van der Waals surface area contributed by atoms with Crippen molar-refractivity contribution in [2.45, 2.75) is 30.9 Å². The number of rotatable bonds is 3. The zero-order valence-electron chi connectivity index (χ0n) is 12.0. The van der Waals surface area contributed by atoms with E-state index in [2.05, 4.69) is 10.3 Å². The predicted molar refractivity (Wildman–Crippen MR) is 84.4 cm³/mol. The van der Waals surface area contributed by atoms with Crippen LogP contribution in [0.15, 0.2) is 24.5 Å². The maximum Gasteiger partial charge on any atom is 0.255 e. The first kappa shape index (κ1) is 14.7. The first-order valence-corrected chi connectivity index (χ1v) is 8.59. The van der Waals surface area contributed by atoms with Gasteiger partial charge in [0.05, 0.1) is 5.69 Å². The lowest BCUT2D eigenvalue weighted by Crippen LogP contribution is -2.52. The average molecular weight is 307 g/mol. The van der Waals surface area contributed by atoms with Gasteiger partial charge in [-0.2, -0.15) is 11.8 Å². The molecule has 1 amide bonds. The van der Waals surface area contributed by atoms with E-state index in [0.717, 1.165) is 24.3 Å². The van der Waals surface area contributed by atoms with E-state index in [1.54, 1.807) is 18.0 Å². The molecule has 2 N–H and O–H groups in total. The van der Waals surface area contributed by atoms with Crippen LogP contribution < -0.4 is 5.32 Å². The lowest BCUT2D eigenvalue weighted by Gasteiger charge is -2.36. The highest BCUT2D eigenvalue weighted by atomic mass is 32.2. The van der Waals surface area contributed by atoms with Crippen LogP contribution >= 0.6 is 11.8 Å². The molecule has 0 radical (unpaired) electrons. The molecule has 1 unspecified atom stereocenters.